The van der Waals surface area contributed by atoms with Crippen LogP contribution in [0.2, 0.25) is 5.02 Å². The van der Waals surface area contributed by atoms with E-state index >= 15 is 4.39 Å². The zero-order valence-electron chi connectivity index (χ0n) is 24.2. The van der Waals surface area contributed by atoms with Crippen LogP contribution in [0.25, 0.3) is 0 Å². The van der Waals surface area contributed by atoms with E-state index in [-0.39, 0.29) is 42.0 Å². The molecule has 1 fully saturated rings. The number of nitrogens with zero attached hydrogens (tertiary/aromatic N) is 3. The Hall–Kier alpha value is -3.83. The van der Waals surface area contributed by atoms with Gasteiger partial charge in [-0.15, -0.1) is 0 Å². The summed E-state index contributed by atoms with van der Waals surface area (Å²) in [5.74, 6) is -0.880. The number of benzene rings is 2. The number of aromatic nitrogens is 1. The second-order valence-corrected chi connectivity index (χ2v) is 11.6. The van der Waals surface area contributed by atoms with Crippen molar-refractivity contribution in [3.05, 3.63) is 105 Å². The summed E-state index contributed by atoms with van der Waals surface area (Å²) in [6.07, 6.45) is 5.61. The van der Waals surface area contributed by atoms with Gasteiger partial charge in [-0.1, -0.05) is 29.8 Å². The van der Waals surface area contributed by atoms with Crippen molar-refractivity contribution >= 4 is 23.7 Å². The number of aliphatic imine (C=N–C) groups is 1. The quantitative estimate of drug-likeness (QED) is 0.277. The van der Waals surface area contributed by atoms with E-state index < -0.39 is 28.5 Å². The van der Waals surface area contributed by atoms with Gasteiger partial charge in [0.25, 0.3) is 5.91 Å². The summed E-state index contributed by atoms with van der Waals surface area (Å²) >= 11 is 6.24. The maximum absolute atomic E-state index is 16.6. The summed E-state index contributed by atoms with van der Waals surface area (Å²) in [7, 11) is 3.03. The fraction of sp³-hybridized carbons (Fsp3) is 0.344. The second-order valence-electron chi connectivity index (χ2n) is 11.2. The van der Waals surface area contributed by atoms with Crippen LogP contribution in [0, 0.1) is 11.2 Å². The van der Waals surface area contributed by atoms with E-state index in [1.165, 1.54) is 50.5 Å². The van der Waals surface area contributed by atoms with Crippen molar-refractivity contribution in [2.24, 2.45) is 16.1 Å². The smallest absolute Gasteiger partial charge is 0.257 e. The molecule has 5 rings (SSSR count). The number of aliphatic hydroxyl groups is 2. The lowest BCUT2D eigenvalue weighted by Crippen LogP contribution is -2.48. The summed E-state index contributed by atoms with van der Waals surface area (Å²) in [5, 5.41) is 22.0. The molecule has 1 saturated carbocycles. The number of nitrogens with two attached hydrogens (primary N) is 1. The Morgan fingerprint density at radius 2 is 1.98 bits per heavy atom. The van der Waals surface area contributed by atoms with Crippen LogP contribution in [-0.2, 0) is 22.6 Å². The first-order chi connectivity index (χ1) is 20.5. The van der Waals surface area contributed by atoms with Crippen LogP contribution in [0.15, 0.2) is 71.5 Å². The number of aliphatic hydroxyl groups excluding tert-OH is 1. The monoisotopic (exact) mass is 608 g/mol. The highest BCUT2D eigenvalue weighted by molar-refractivity contribution is 6.30. The van der Waals surface area contributed by atoms with E-state index in [2.05, 4.69) is 9.98 Å². The largest absolute Gasteiger partial charge is 0.481 e. The summed E-state index contributed by atoms with van der Waals surface area (Å²) in [4.78, 5) is 24.1. The van der Waals surface area contributed by atoms with Crippen LogP contribution in [0.5, 0.6) is 5.88 Å². The zero-order valence-corrected chi connectivity index (χ0v) is 24.9. The van der Waals surface area contributed by atoms with Crippen LogP contribution in [0.1, 0.15) is 52.4 Å². The summed E-state index contributed by atoms with van der Waals surface area (Å²) in [5.41, 5.74) is 3.25. The number of ether oxygens (including phenoxy) is 2. The van der Waals surface area contributed by atoms with Gasteiger partial charge < -0.3 is 25.4 Å². The third kappa shape index (κ3) is 5.40. The molecule has 1 aliphatic heterocycles. The molecule has 2 heterocycles. The molecule has 226 valence electrons. The number of hydrogen-bond donors (Lipinski definition) is 3. The first kappa shape index (κ1) is 30.6. The van der Waals surface area contributed by atoms with E-state index in [9.17, 15) is 15.0 Å². The highest BCUT2D eigenvalue weighted by atomic mass is 35.5. The van der Waals surface area contributed by atoms with Crippen LogP contribution >= 0.6 is 11.6 Å². The number of amides is 1. The summed E-state index contributed by atoms with van der Waals surface area (Å²) < 4.78 is 28.5. The Balaban J connectivity index is 1.74. The van der Waals surface area contributed by atoms with Crippen molar-refractivity contribution in [3.8, 4) is 5.88 Å². The first-order valence-corrected chi connectivity index (χ1v) is 14.2. The molecule has 3 aromatic rings. The predicted molar refractivity (Wildman–Crippen MR) is 160 cm³/mol. The minimum Gasteiger partial charge on any atom is -0.481 e. The number of methoxy groups -OCH3 is 1. The molecule has 9 nitrogen and oxygen atoms in total. The lowest BCUT2D eigenvalue weighted by Gasteiger charge is -2.40. The Bertz CT molecular complexity index is 1570. The maximum atomic E-state index is 16.6. The first-order valence-electron chi connectivity index (χ1n) is 13.8. The van der Waals surface area contributed by atoms with Gasteiger partial charge in [-0.2, -0.15) is 0 Å². The number of fused-ring (bicyclic) bond motifs is 1. The summed E-state index contributed by atoms with van der Waals surface area (Å²) in [6.45, 7) is 1.42. The molecule has 2 atom stereocenters. The molecule has 1 amide bonds. The Labute approximate surface area is 254 Å². The molecule has 2 aliphatic rings. The molecule has 0 bridgehead atoms. The number of pyridine rings is 1. The number of hydrogen-bond acceptors (Lipinski definition) is 8. The highest BCUT2D eigenvalue weighted by Crippen LogP contribution is 2.52. The van der Waals surface area contributed by atoms with Crippen molar-refractivity contribution in [2.45, 2.75) is 37.6 Å². The van der Waals surface area contributed by atoms with Gasteiger partial charge in [0, 0.05) is 53.3 Å². The standard InChI is InChI=1S/C32H34ClFN4O5/c1-30(41,23(14-35)16-36-2)22-12-25-28(26(34)13-22)32(21-5-7-24(33)8-6-21,43-19-31(18-39)10-11-31)38(29(25)40)17-20-4-9-27(42-3)37-15-20/h4-9,12-16,39,41H,10-11,17-19,35H2,1-3H3/t30?,32-/m1/s1. The second kappa shape index (κ2) is 11.7. The van der Waals surface area contributed by atoms with Crippen molar-refractivity contribution in [1.29, 1.82) is 0 Å². The average Bonchev–Trinajstić information content (AvgIpc) is 3.76. The van der Waals surface area contributed by atoms with E-state index in [0.717, 1.165) is 12.8 Å². The SMILES string of the molecule is CN=CC(=CN)C(C)(O)c1cc(F)c2c(c1)C(=O)N(Cc1ccc(OC)nc1)[C@@]2(OCC1(CO)CC1)c1ccc(Cl)cc1. The molecule has 1 aliphatic carbocycles. The van der Waals surface area contributed by atoms with Gasteiger partial charge in [-0.25, -0.2) is 9.37 Å². The van der Waals surface area contributed by atoms with E-state index in [0.29, 0.717) is 22.0 Å². The van der Waals surface area contributed by atoms with Gasteiger partial charge >= 0.3 is 0 Å². The van der Waals surface area contributed by atoms with Gasteiger partial charge in [-0.05, 0) is 55.2 Å². The van der Waals surface area contributed by atoms with Crippen molar-refractivity contribution in [3.63, 3.8) is 0 Å². The molecule has 0 saturated heterocycles. The van der Waals surface area contributed by atoms with Gasteiger partial charge in [0.05, 0.1) is 38.0 Å². The Morgan fingerprint density at radius 1 is 1.26 bits per heavy atom. The van der Waals surface area contributed by atoms with E-state index in [1.807, 2.05) is 0 Å². The average molecular weight is 609 g/mol. The molecule has 11 heteroatoms. The minimum absolute atomic E-state index is 0.000864. The fourth-order valence-electron chi connectivity index (χ4n) is 5.44. The Morgan fingerprint density at radius 3 is 2.53 bits per heavy atom. The van der Waals surface area contributed by atoms with Crippen LogP contribution in [0.4, 0.5) is 4.39 Å². The molecule has 0 radical (unpaired) electrons. The van der Waals surface area contributed by atoms with Crippen LogP contribution in [-0.4, -0.2) is 59.6 Å². The molecule has 4 N–H and O–H groups in total. The summed E-state index contributed by atoms with van der Waals surface area (Å²) in [6, 6.07) is 12.8. The van der Waals surface area contributed by atoms with Crippen molar-refractivity contribution in [2.75, 3.05) is 27.4 Å². The van der Waals surface area contributed by atoms with Crippen molar-refractivity contribution in [1.82, 2.24) is 9.88 Å². The molecular weight excluding hydrogens is 575 g/mol. The molecule has 2 aromatic carbocycles. The topological polar surface area (TPSA) is 130 Å². The normalized spacial score (nSPS) is 20.8. The van der Waals surface area contributed by atoms with Gasteiger partial charge in [0.15, 0.2) is 5.72 Å². The van der Waals surface area contributed by atoms with Gasteiger partial charge in [0.1, 0.15) is 11.4 Å². The fourth-order valence-corrected chi connectivity index (χ4v) is 5.57. The van der Waals surface area contributed by atoms with Crippen LogP contribution < -0.4 is 10.5 Å². The minimum atomic E-state index is -1.77. The molecular formula is C32H34ClFN4O5. The molecule has 0 spiro atoms. The molecule has 1 unspecified atom stereocenters. The van der Waals surface area contributed by atoms with Gasteiger partial charge in [-0.3, -0.25) is 14.7 Å². The third-order valence-corrected chi connectivity index (χ3v) is 8.57. The maximum Gasteiger partial charge on any atom is 0.257 e. The number of carbonyl (C=O) groups is 1. The molecule has 1 aromatic heterocycles. The van der Waals surface area contributed by atoms with E-state index in [4.69, 9.17) is 26.8 Å². The Kier molecular flexibility index (Phi) is 8.32. The predicted octanol–water partition coefficient (Wildman–Crippen LogP) is 4.28. The van der Waals surface area contributed by atoms with E-state index in [1.54, 1.807) is 42.6 Å². The number of rotatable bonds is 11. The van der Waals surface area contributed by atoms with Gasteiger partial charge in [0.2, 0.25) is 5.88 Å². The lowest BCUT2D eigenvalue weighted by atomic mass is 9.84. The number of carbonyl (C=O) groups excluding carboxylic acids is 1. The van der Waals surface area contributed by atoms with Crippen molar-refractivity contribution < 1.29 is 28.9 Å². The highest BCUT2D eigenvalue weighted by Gasteiger charge is 2.56. The lowest BCUT2D eigenvalue weighted by molar-refractivity contribution is -0.130. The van der Waals surface area contributed by atoms with Crippen LogP contribution in [0.3, 0.4) is 0 Å². The molecule has 43 heavy (non-hydrogen) atoms. The third-order valence-electron chi connectivity index (χ3n) is 8.32. The zero-order chi connectivity index (χ0) is 31.0. The number of halogens is 2.